The van der Waals surface area contributed by atoms with Gasteiger partial charge >= 0.3 is 6.18 Å². The van der Waals surface area contributed by atoms with Crippen LogP contribution in [-0.4, -0.2) is 68.3 Å². The van der Waals surface area contributed by atoms with Crippen molar-refractivity contribution in [3.63, 3.8) is 0 Å². The Morgan fingerprint density at radius 1 is 1.33 bits per heavy atom. The van der Waals surface area contributed by atoms with Crippen LogP contribution in [0.4, 0.5) is 13.2 Å². The quantitative estimate of drug-likeness (QED) is 0.370. The average Bonchev–Trinajstić information content (AvgIpc) is 2.99. The first-order valence-corrected chi connectivity index (χ1v) is 8.76. The summed E-state index contributed by atoms with van der Waals surface area (Å²) in [7, 11) is 3.59. The highest BCUT2D eigenvalue weighted by molar-refractivity contribution is 14.0. The highest BCUT2D eigenvalue weighted by Gasteiger charge is 2.34. The van der Waals surface area contributed by atoms with Crippen molar-refractivity contribution in [2.24, 2.45) is 4.99 Å². The van der Waals surface area contributed by atoms with Gasteiger partial charge in [-0.15, -0.1) is 24.0 Å². The Bertz CT molecular complexity index is 595. The second-order valence-electron chi connectivity index (χ2n) is 6.46. The third-order valence-corrected chi connectivity index (χ3v) is 4.24. The van der Waals surface area contributed by atoms with Crippen LogP contribution in [0.5, 0.6) is 5.75 Å². The normalized spacial score (nSPS) is 18.1. The third kappa shape index (κ3) is 8.12. The van der Waals surface area contributed by atoms with Gasteiger partial charge in [0.15, 0.2) is 5.96 Å². The highest BCUT2D eigenvalue weighted by Crippen LogP contribution is 2.20. The Labute approximate surface area is 176 Å². The summed E-state index contributed by atoms with van der Waals surface area (Å²) in [6.07, 6.45) is -3.48. The van der Waals surface area contributed by atoms with Crippen molar-refractivity contribution in [2.45, 2.75) is 32.1 Å². The molecule has 1 aromatic rings. The Kier molecular flexibility index (Phi) is 9.65. The van der Waals surface area contributed by atoms with Crippen LogP contribution in [0.2, 0.25) is 0 Å². The summed E-state index contributed by atoms with van der Waals surface area (Å²) in [6.45, 7) is 3.17. The van der Waals surface area contributed by atoms with Crippen molar-refractivity contribution in [1.29, 1.82) is 0 Å². The number of alkyl halides is 3. The Hall–Kier alpha value is -1.23. The number of nitrogens with one attached hydrogen (secondary N) is 1. The number of halogens is 4. The Morgan fingerprint density at radius 3 is 2.56 bits per heavy atom. The molecule has 0 aliphatic carbocycles. The van der Waals surface area contributed by atoms with E-state index < -0.39 is 12.7 Å². The minimum atomic E-state index is -4.15. The molecule has 0 radical (unpaired) electrons. The maximum atomic E-state index is 12.5. The molecule has 0 saturated carbocycles. The van der Waals surface area contributed by atoms with Gasteiger partial charge < -0.3 is 15.0 Å². The van der Waals surface area contributed by atoms with E-state index >= 15 is 0 Å². The van der Waals surface area contributed by atoms with E-state index in [0.29, 0.717) is 38.6 Å². The number of ether oxygens (including phenoxy) is 1. The lowest BCUT2D eigenvalue weighted by atomic mass is 10.2. The van der Waals surface area contributed by atoms with Gasteiger partial charge in [-0.05, 0) is 31.0 Å². The standard InChI is InChI=1S/C18H27F3N4O.HI/c1-4-26-16-7-5-14(6-8-16)11-24(3)17(22-2)23-15-9-10-25(12-15)13-18(19,20)21;/h5-8,15H,4,9-13H2,1-3H3,(H,22,23);1H. The van der Waals surface area contributed by atoms with E-state index in [9.17, 15) is 13.2 Å². The van der Waals surface area contributed by atoms with E-state index in [0.717, 1.165) is 11.3 Å². The summed E-state index contributed by atoms with van der Waals surface area (Å²) < 4.78 is 43.0. The number of aliphatic imine (C=N–C) groups is 1. The van der Waals surface area contributed by atoms with Crippen molar-refractivity contribution >= 4 is 29.9 Å². The van der Waals surface area contributed by atoms with Crippen LogP contribution in [0, 0.1) is 0 Å². The van der Waals surface area contributed by atoms with Crippen LogP contribution >= 0.6 is 24.0 Å². The van der Waals surface area contributed by atoms with Crippen molar-refractivity contribution < 1.29 is 17.9 Å². The lowest BCUT2D eigenvalue weighted by Gasteiger charge is -2.25. The molecule has 1 atom stereocenters. The molecule has 5 nitrogen and oxygen atoms in total. The molecule has 1 unspecified atom stereocenters. The molecule has 1 aliphatic rings. The molecule has 1 heterocycles. The fourth-order valence-electron chi connectivity index (χ4n) is 3.08. The van der Waals surface area contributed by atoms with Gasteiger partial charge in [0.2, 0.25) is 0 Å². The topological polar surface area (TPSA) is 40.1 Å². The number of hydrogen-bond donors (Lipinski definition) is 1. The Balaban J connectivity index is 0.00000364. The van der Waals surface area contributed by atoms with Gasteiger partial charge in [-0.3, -0.25) is 9.89 Å². The first-order chi connectivity index (χ1) is 12.3. The zero-order valence-corrected chi connectivity index (χ0v) is 18.3. The Morgan fingerprint density at radius 2 is 2.00 bits per heavy atom. The predicted molar refractivity (Wildman–Crippen MR) is 112 cm³/mol. The molecule has 1 aliphatic heterocycles. The average molecular weight is 500 g/mol. The van der Waals surface area contributed by atoms with Crippen LogP contribution in [0.3, 0.4) is 0 Å². The minimum absolute atomic E-state index is 0. The van der Waals surface area contributed by atoms with E-state index in [1.54, 1.807) is 7.05 Å². The van der Waals surface area contributed by atoms with E-state index in [4.69, 9.17) is 4.74 Å². The van der Waals surface area contributed by atoms with E-state index in [-0.39, 0.29) is 30.0 Å². The van der Waals surface area contributed by atoms with Gasteiger partial charge in [0.05, 0.1) is 13.2 Å². The molecule has 0 amide bonds. The number of guanidine groups is 1. The second kappa shape index (κ2) is 10.9. The van der Waals surface area contributed by atoms with E-state index in [1.165, 1.54) is 4.90 Å². The molecule has 9 heteroatoms. The van der Waals surface area contributed by atoms with Crippen molar-refractivity contribution in [1.82, 2.24) is 15.1 Å². The molecule has 1 saturated heterocycles. The first-order valence-electron chi connectivity index (χ1n) is 8.76. The number of likely N-dealkylation sites (tertiary alicyclic amines) is 1. The monoisotopic (exact) mass is 500 g/mol. The molecule has 154 valence electrons. The van der Waals surface area contributed by atoms with Crippen molar-refractivity contribution in [2.75, 3.05) is 40.3 Å². The van der Waals surface area contributed by atoms with Gasteiger partial charge in [0.25, 0.3) is 0 Å². The molecule has 0 bridgehead atoms. The summed E-state index contributed by atoms with van der Waals surface area (Å²) in [5.74, 6) is 1.51. The van der Waals surface area contributed by atoms with Crippen LogP contribution in [0.1, 0.15) is 18.9 Å². The molecule has 0 spiro atoms. The lowest BCUT2D eigenvalue weighted by molar-refractivity contribution is -0.143. The molecular formula is C18H28F3IN4O. The van der Waals surface area contributed by atoms with Crippen LogP contribution in [-0.2, 0) is 6.54 Å². The van der Waals surface area contributed by atoms with Gasteiger partial charge in [-0.25, -0.2) is 0 Å². The smallest absolute Gasteiger partial charge is 0.401 e. The zero-order chi connectivity index (χ0) is 19.2. The second-order valence-corrected chi connectivity index (χ2v) is 6.46. The van der Waals surface area contributed by atoms with Gasteiger partial charge in [0.1, 0.15) is 5.75 Å². The predicted octanol–water partition coefficient (Wildman–Crippen LogP) is 3.35. The molecule has 27 heavy (non-hydrogen) atoms. The molecule has 1 N–H and O–H groups in total. The van der Waals surface area contributed by atoms with Gasteiger partial charge in [0, 0.05) is 39.8 Å². The molecular weight excluding hydrogens is 472 g/mol. The molecule has 0 aromatic heterocycles. The van der Waals surface area contributed by atoms with Crippen LogP contribution in [0.25, 0.3) is 0 Å². The zero-order valence-electron chi connectivity index (χ0n) is 15.9. The SMILES string of the molecule is CCOc1ccc(CN(C)C(=NC)NC2CCN(CC(F)(F)F)C2)cc1.I. The fourth-order valence-corrected chi connectivity index (χ4v) is 3.08. The third-order valence-electron chi connectivity index (χ3n) is 4.24. The van der Waals surface area contributed by atoms with Gasteiger partial charge in [-0.2, -0.15) is 13.2 Å². The summed E-state index contributed by atoms with van der Waals surface area (Å²) >= 11 is 0. The van der Waals surface area contributed by atoms with Gasteiger partial charge in [-0.1, -0.05) is 12.1 Å². The van der Waals surface area contributed by atoms with E-state index in [2.05, 4.69) is 10.3 Å². The van der Waals surface area contributed by atoms with Crippen molar-refractivity contribution in [3.05, 3.63) is 29.8 Å². The number of nitrogens with zero attached hydrogens (tertiary/aromatic N) is 3. The maximum Gasteiger partial charge on any atom is 0.401 e. The fraction of sp³-hybridized carbons (Fsp3) is 0.611. The summed E-state index contributed by atoms with van der Waals surface area (Å²) in [5, 5.41) is 3.28. The molecule has 1 aromatic carbocycles. The number of hydrogen-bond acceptors (Lipinski definition) is 3. The van der Waals surface area contributed by atoms with Crippen LogP contribution < -0.4 is 10.1 Å². The largest absolute Gasteiger partial charge is 0.494 e. The maximum absolute atomic E-state index is 12.5. The first kappa shape index (κ1) is 23.8. The number of rotatable bonds is 6. The number of benzene rings is 1. The summed E-state index contributed by atoms with van der Waals surface area (Å²) in [6, 6.07) is 7.81. The van der Waals surface area contributed by atoms with Crippen molar-refractivity contribution in [3.8, 4) is 5.75 Å². The summed E-state index contributed by atoms with van der Waals surface area (Å²) in [5.41, 5.74) is 1.10. The van der Waals surface area contributed by atoms with E-state index in [1.807, 2.05) is 43.1 Å². The highest BCUT2D eigenvalue weighted by atomic mass is 127. The molecule has 2 rings (SSSR count). The minimum Gasteiger partial charge on any atom is -0.494 e. The summed E-state index contributed by atoms with van der Waals surface area (Å²) in [4.78, 5) is 7.65. The molecule has 1 fully saturated rings. The van der Waals surface area contributed by atoms with Crippen LogP contribution in [0.15, 0.2) is 29.3 Å². The lowest BCUT2D eigenvalue weighted by Crippen LogP contribution is -2.45.